The average Bonchev–Trinajstić information content (AvgIpc) is 3.03. The first kappa shape index (κ1) is 28.6. The third kappa shape index (κ3) is 6.34. The monoisotopic (exact) mass is 568 g/mol. The number of pyridine rings is 1. The van der Waals surface area contributed by atoms with Crippen molar-refractivity contribution >= 4 is 34.3 Å². The van der Waals surface area contributed by atoms with E-state index in [0.717, 1.165) is 22.2 Å². The van der Waals surface area contributed by atoms with Crippen molar-refractivity contribution < 1.29 is 29.1 Å². The van der Waals surface area contributed by atoms with Crippen LogP contribution in [0, 0.1) is 18.8 Å². The normalized spacial score (nSPS) is 16.5. The van der Waals surface area contributed by atoms with E-state index in [1.54, 1.807) is 54.0 Å². The average molecular weight is 569 g/mol. The number of ether oxygens (including phenoxy) is 2. The highest BCUT2D eigenvalue weighted by Crippen LogP contribution is 2.28. The topological polar surface area (TPSA) is 130 Å². The smallest absolute Gasteiger partial charge is 0.254 e. The van der Waals surface area contributed by atoms with Crippen molar-refractivity contribution in [1.29, 1.82) is 0 Å². The number of carbonyl (C=O) groups excluding carboxylic acids is 3. The molecule has 0 aliphatic carbocycles. The first-order chi connectivity index (χ1) is 20.4. The number of fused-ring (bicyclic) bond motifs is 1. The molecule has 10 nitrogen and oxygen atoms in total. The van der Waals surface area contributed by atoms with Gasteiger partial charge < -0.3 is 19.7 Å². The van der Waals surface area contributed by atoms with Gasteiger partial charge in [0.15, 0.2) is 0 Å². The molecule has 3 amide bonds. The summed E-state index contributed by atoms with van der Waals surface area (Å²) in [6, 6.07) is 23.6. The molecule has 1 aliphatic heterocycles. The van der Waals surface area contributed by atoms with Crippen LogP contribution in [0.5, 0.6) is 11.5 Å². The summed E-state index contributed by atoms with van der Waals surface area (Å²) in [6.45, 7) is 2.57. The molecule has 10 heteroatoms. The summed E-state index contributed by atoms with van der Waals surface area (Å²) in [7, 11) is 1.51. The van der Waals surface area contributed by atoms with Crippen LogP contribution in [-0.4, -0.2) is 53.0 Å². The largest absolute Gasteiger partial charge is 0.497 e. The number of piperidine rings is 1. The number of hydroxylamine groups is 1. The second-order valence-corrected chi connectivity index (χ2v) is 10.2. The summed E-state index contributed by atoms with van der Waals surface area (Å²) >= 11 is 0. The lowest BCUT2D eigenvalue weighted by Gasteiger charge is -2.36. The van der Waals surface area contributed by atoms with Crippen LogP contribution in [0.2, 0.25) is 0 Å². The van der Waals surface area contributed by atoms with E-state index in [-0.39, 0.29) is 31.3 Å². The molecule has 3 aromatic carbocycles. The van der Waals surface area contributed by atoms with Gasteiger partial charge in [0.2, 0.25) is 11.8 Å². The highest BCUT2D eigenvalue weighted by Gasteiger charge is 2.40. The van der Waals surface area contributed by atoms with Gasteiger partial charge in [0, 0.05) is 41.0 Å². The molecule has 0 saturated carbocycles. The Bertz CT molecular complexity index is 1610. The van der Waals surface area contributed by atoms with E-state index in [1.165, 1.54) is 12.0 Å². The molecule has 4 aromatic rings. The van der Waals surface area contributed by atoms with Crippen molar-refractivity contribution in [1.82, 2.24) is 15.4 Å². The maximum atomic E-state index is 13.3. The lowest BCUT2D eigenvalue weighted by Crippen LogP contribution is -2.52. The van der Waals surface area contributed by atoms with Crippen molar-refractivity contribution in [3.8, 4) is 11.5 Å². The molecule has 216 valence electrons. The van der Waals surface area contributed by atoms with Gasteiger partial charge in [0.1, 0.15) is 18.1 Å². The SMILES string of the molecule is COc1cccc(C(=O)N2CCC(C(=O)Nc3ccc(OCc4cc(C)nc5ccccc45)cc3)[C@@H](C(=O)NO)C2)c1. The third-order valence-electron chi connectivity index (χ3n) is 7.45. The molecular formula is C32H32N4O6. The Morgan fingerprint density at radius 2 is 1.74 bits per heavy atom. The minimum atomic E-state index is -0.931. The van der Waals surface area contributed by atoms with Gasteiger partial charge in [-0.3, -0.25) is 24.6 Å². The summed E-state index contributed by atoms with van der Waals surface area (Å²) in [4.78, 5) is 45.0. The molecule has 0 bridgehead atoms. The van der Waals surface area contributed by atoms with Crippen LogP contribution < -0.4 is 20.3 Å². The number of carbonyl (C=O) groups is 3. The van der Waals surface area contributed by atoms with E-state index in [0.29, 0.717) is 29.4 Å². The molecule has 1 aliphatic rings. The highest BCUT2D eigenvalue weighted by molar-refractivity contribution is 5.98. The van der Waals surface area contributed by atoms with Crippen molar-refractivity contribution in [2.24, 2.45) is 11.8 Å². The van der Waals surface area contributed by atoms with Crippen molar-refractivity contribution in [3.63, 3.8) is 0 Å². The summed E-state index contributed by atoms with van der Waals surface area (Å²) < 4.78 is 11.2. The van der Waals surface area contributed by atoms with E-state index >= 15 is 0 Å². The number of amides is 3. The van der Waals surface area contributed by atoms with Gasteiger partial charge in [-0.2, -0.15) is 0 Å². The van der Waals surface area contributed by atoms with Gasteiger partial charge in [0.25, 0.3) is 5.91 Å². The van der Waals surface area contributed by atoms with Crippen LogP contribution in [0.1, 0.15) is 28.0 Å². The zero-order valence-electron chi connectivity index (χ0n) is 23.4. The lowest BCUT2D eigenvalue weighted by molar-refractivity contribution is -0.141. The predicted octanol–water partition coefficient (Wildman–Crippen LogP) is 4.35. The number of anilines is 1. The fourth-order valence-corrected chi connectivity index (χ4v) is 5.28. The Kier molecular flexibility index (Phi) is 8.63. The van der Waals surface area contributed by atoms with Crippen LogP contribution >= 0.6 is 0 Å². The second-order valence-electron chi connectivity index (χ2n) is 10.2. The summed E-state index contributed by atoms with van der Waals surface area (Å²) in [5, 5.41) is 13.2. The standard InChI is InChI=1S/C32H32N4O6/c1-20-16-22(26-8-3-4-9-29(26)33-20)19-42-24-12-10-23(11-13-24)34-30(37)27-14-15-36(18-28(27)31(38)35-40)32(39)21-6-5-7-25(17-21)41-2/h3-13,16-17,27-28,40H,14-15,18-19H2,1-2H3,(H,34,37)(H,35,38)/t27?,28-/m0/s1. The molecule has 0 spiro atoms. The molecule has 1 unspecified atom stereocenters. The molecule has 1 saturated heterocycles. The number of benzene rings is 3. The number of aryl methyl sites for hydroxylation is 1. The van der Waals surface area contributed by atoms with E-state index in [2.05, 4.69) is 10.3 Å². The minimum absolute atomic E-state index is 0.0174. The Hall–Kier alpha value is -4.96. The fourth-order valence-electron chi connectivity index (χ4n) is 5.28. The molecule has 5 rings (SSSR count). The molecular weight excluding hydrogens is 536 g/mol. The zero-order valence-corrected chi connectivity index (χ0v) is 23.4. The van der Waals surface area contributed by atoms with Gasteiger partial charge in [-0.15, -0.1) is 0 Å². The number of nitrogens with one attached hydrogen (secondary N) is 2. The van der Waals surface area contributed by atoms with Crippen LogP contribution in [0.15, 0.2) is 78.9 Å². The van der Waals surface area contributed by atoms with Crippen LogP contribution in [0.3, 0.4) is 0 Å². The first-order valence-corrected chi connectivity index (χ1v) is 13.6. The van der Waals surface area contributed by atoms with Gasteiger partial charge in [0.05, 0.1) is 24.5 Å². The van der Waals surface area contributed by atoms with Crippen molar-refractivity contribution in [2.75, 3.05) is 25.5 Å². The van der Waals surface area contributed by atoms with E-state index in [4.69, 9.17) is 9.47 Å². The van der Waals surface area contributed by atoms with Gasteiger partial charge in [-0.05, 0) is 67.9 Å². The fraction of sp³-hybridized carbons (Fsp3) is 0.250. The number of nitrogens with zero attached hydrogens (tertiary/aromatic N) is 2. The van der Waals surface area contributed by atoms with Gasteiger partial charge >= 0.3 is 0 Å². The Morgan fingerprint density at radius 1 is 0.952 bits per heavy atom. The summed E-state index contributed by atoms with van der Waals surface area (Å²) in [5.74, 6) is -1.88. The predicted molar refractivity (Wildman–Crippen MR) is 156 cm³/mol. The van der Waals surface area contributed by atoms with Gasteiger partial charge in [-0.25, -0.2) is 5.48 Å². The van der Waals surface area contributed by atoms with Crippen LogP contribution in [0.4, 0.5) is 5.69 Å². The summed E-state index contributed by atoms with van der Waals surface area (Å²) in [6.07, 6.45) is 0.250. The molecule has 1 aromatic heterocycles. The Balaban J connectivity index is 1.22. The van der Waals surface area contributed by atoms with E-state index in [1.807, 2.05) is 37.3 Å². The molecule has 2 atom stereocenters. The van der Waals surface area contributed by atoms with Crippen molar-refractivity contribution in [2.45, 2.75) is 20.0 Å². The lowest BCUT2D eigenvalue weighted by atomic mass is 9.83. The number of likely N-dealkylation sites (tertiary alicyclic amines) is 1. The molecule has 3 N–H and O–H groups in total. The van der Waals surface area contributed by atoms with Crippen LogP contribution in [-0.2, 0) is 16.2 Å². The zero-order chi connectivity index (χ0) is 29.6. The first-order valence-electron chi connectivity index (χ1n) is 13.6. The summed E-state index contributed by atoms with van der Waals surface area (Å²) in [5.41, 5.74) is 5.46. The number of aromatic nitrogens is 1. The molecule has 2 heterocycles. The maximum absolute atomic E-state index is 13.3. The Labute approximate surface area is 243 Å². The quantitative estimate of drug-likeness (QED) is 0.213. The van der Waals surface area contributed by atoms with Gasteiger partial charge in [-0.1, -0.05) is 24.3 Å². The van der Waals surface area contributed by atoms with Crippen LogP contribution in [0.25, 0.3) is 10.9 Å². The molecule has 42 heavy (non-hydrogen) atoms. The third-order valence-corrected chi connectivity index (χ3v) is 7.45. The molecule has 1 fully saturated rings. The molecule has 0 radical (unpaired) electrons. The maximum Gasteiger partial charge on any atom is 0.254 e. The number of hydrogen-bond acceptors (Lipinski definition) is 7. The number of methoxy groups -OCH3 is 1. The van der Waals surface area contributed by atoms with E-state index in [9.17, 15) is 19.6 Å². The Morgan fingerprint density at radius 3 is 2.50 bits per heavy atom. The number of rotatable bonds is 8. The van der Waals surface area contributed by atoms with Crippen molar-refractivity contribution in [3.05, 3.63) is 95.7 Å². The van der Waals surface area contributed by atoms with E-state index < -0.39 is 17.7 Å². The minimum Gasteiger partial charge on any atom is -0.497 e. The number of para-hydroxylation sites is 1. The number of hydrogen-bond donors (Lipinski definition) is 3. The second kappa shape index (κ2) is 12.7. The highest BCUT2D eigenvalue weighted by atomic mass is 16.5.